The monoisotopic (exact) mass is 403 g/mol. The first-order valence-corrected chi connectivity index (χ1v) is 10.0. The third-order valence-corrected chi connectivity index (χ3v) is 5.60. The van der Waals surface area contributed by atoms with Gasteiger partial charge in [-0.1, -0.05) is 53.8 Å². The molecule has 0 atom stereocenters. The zero-order valence-electron chi connectivity index (χ0n) is 16.3. The molecule has 0 bridgehead atoms. The second-order valence-corrected chi connectivity index (χ2v) is 7.39. The number of nitrogens with zero attached hydrogens (tertiary/aromatic N) is 3. The van der Waals surface area contributed by atoms with Crippen molar-refractivity contribution in [3.05, 3.63) is 88.7 Å². The number of hydrogen-bond acceptors (Lipinski definition) is 5. The van der Waals surface area contributed by atoms with Crippen LogP contribution in [0, 0.1) is 0 Å². The van der Waals surface area contributed by atoms with E-state index in [0.29, 0.717) is 5.75 Å². The van der Waals surface area contributed by atoms with Gasteiger partial charge >= 0.3 is 0 Å². The van der Waals surface area contributed by atoms with Crippen molar-refractivity contribution in [1.82, 2.24) is 4.57 Å². The molecule has 0 unspecified atom stereocenters. The summed E-state index contributed by atoms with van der Waals surface area (Å²) in [5.41, 5.74) is 3.21. The van der Waals surface area contributed by atoms with Gasteiger partial charge in [0.15, 0.2) is 0 Å². The predicted octanol–water partition coefficient (Wildman–Crippen LogP) is 4.70. The van der Waals surface area contributed by atoms with Gasteiger partial charge in [0.05, 0.1) is 37.2 Å². The fourth-order valence-electron chi connectivity index (χ4n) is 3.08. The summed E-state index contributed by atoms with van der Waals surface area (Å²) in [6, 6.07) is 24.3. The standard InChI is InChI=1S/C23H21N3O2S/c1-27-19-13-12-18(21(14-19)28-2)15-24-25-23-26(16-17-8-4-3-5-9-17)20-10-6-7-11-22(20)29-23/h3-15H,16H2,1-2H3/b24-15+,25-23-. The van der Waals surface area contributed by atoms with Gasteiger partial charge in [-0.15, -0.1) is 5.10 Å². The van der Waals surface area contributed by atoms with Gasteiger partial charge in [-0.2, -0.15) is 5.10 Å². The fourth-order valence-corrected chi connectivity index (χ4v) is 4.07. The van der Waals surface area contributed by atoms with E-state index in [0.717, 1.165) is 28.2 Å². The van der Waals surface area contributed by atoms with E-state index in [2.05, 4.69) is 51.2 Å². The number of fused-ring (bicyclic) bond motifs is 1. The van der Waals surface area contributed by atoms with Gasteiger partial charge in [0.25, 0.3) is 0 Å². The lowest BCUT2D eigenvalue weighted by molar-refractivity contribution is 0.394. The first-order chi connectivity index (χ1) is 14.3. The summed E-state index contributed by atoms with van der Waals surface area (Å²) in [5, 5.41) is 8.86. The molecule has 4 rings (SSSR count). The normalized spacial score (nSPS) is 12.0. The van der Waals surface area contributed by atoms with E-state index >= 15 is 0 Å². The third kappa shape index (κ3) is 4.22. The summed E-state index contributed by atoms with van der Waals surface area (Å²) >= 11 is 1.63. The van der Waals surface area contributed by atoms with E-state index in [1.807, 2.05) is 36.4 Å². The number of benzene rings is 3. The van der Waals surface area contributed by atoms with Gasteiger partial charge in [0, 0.05) is 11.6 Å². The van der Waals surface area contributed by atoms with E-state index in [1.54, 1.807) is 31.8 Å². The van der Waals surface area contributed by atoms with Crippen LogP contribution in [0.25, 0.3) is 10.2 Å². The predicted molar refractivity (Wildman–Crippen MR) is 118 cm³/mol. The molecule has 0 aliphatic carbocycles. The van der Waals surface area contributed by atoms with Crippen LogP contribution in [0.15, 0.2) is 83.0 Å². The highest BCUT2D eigenvalue weighted by atomic mass is 32.1. The van der Waals surface area contributed by atoms with Crippen LogP contribution in [0.2, 0.25) is 0 Å². The minimum absolute atomic E-state index is 0.691. The zero-order chi connectivity index (χ0) is 20.1. The molecule has 3 aromatic carbocycles. The Balaban J connectivity index is 1.73. The molecule has 6 heteroatoms. The summed E-state index contributed by atoms with van der Waals surface area (Å²) in [4.78, 5) is 0.846. The van der Waals surface area contributed by atoms with Gasteiger partial charge in [-0.05, 0) is 29.8 Å². The molecule has 4 aromatic rings. The van der Waals surface area contributed by atoms with Crippen molar-refractivity contribution in [2.45, 2.75) is 6.54 Å². The summed E-state index contributed by atoms with van der Waals surface area (Å²) in [6.07, 6.45) is 1.70. The fraction of sp³-hybridized carbons (Fsp3) is 0.130. The van der Waals surface area contributed by atoms with Gasteiger partial charge < -0.3 is 14.0 Å². The molecule has 0 spiro atoms. The maximum absolute atomic E-state index is 5.43. The Morgan fingerprint density at radius 3 is 2.52 bits per heavy atom. The largest absolute Gasteiger partial charge is 0.497 e. The number of thiazole rings is 1. The average Bonchev–Trinajstić information content (AvgIpc) is 3.12. The lowest BCUT2D eigenvalue weighted by Crippen LogP contribution is -2.15. The van der Waals surface area contributed by atoms with Crippen LogP contribution < -0.4 is 14.3 Å². The van der Waals surface area contributed by atoms with Crippen LogP contribution in [0.3, 0.4) is 0 Å². The molecule has 1 aromatic heterocycles. The van der Waals surface area contributed by atoms with Crippen molar-refractivity contribution in [2.75, 3.05) is 14.2 Å². The molecule has 0 aliphatic rings. The van der Waals surface area contributed by atoms with Crippen molar-refractivity contribution in [2.24, 2.45) is 10.2 Å². The van der Waals surface area contributed by atoms with E-state index in [4.69, 9.17) is 9.47 Å². The molecule has 0 saturated carbocycles. The number of ether oxygens (including phenoxy) is 2. The minimum Gasteiger partial charge on any atom is -0.497 e. The lowest BCUT2D eigenvalue weighted by Gasteiger charge is -2.06. The summed E-state index contributed by atoms with van der Waals surface area (Å²) in [7, 11) is 3.26. The quantitative estimate of drug-likeness (QED) is 0.346. The van der Waals surface area contributed by atoms with Crippen molar-refractivity contribution >= 4 is 27.8 Å². The van der Waals surface area contributed by atoms with Crippen molar-refractivity contribution < 1.29 is 9.47 Å². The highest BCUT2D eigenvalue weighted by molar-refractivity contribution is 7.16. The third-order valence-electron chi connectivity index (χ3n) is 4.55. The topological polar surface area (TPSA) is 48.1 Å². The lowest BCUT2D eigenvalue weighted by atomic mass is 10.2. The Kier molecular flexibility index (Phi) is 5.72. The summed E-state index contributed by atoms with van der Waals surface area (Å²) in [5.74, 6) is 1.43. The molecule has 0 N–H and O–H groups in total. The Labute approximate surface area is 173 Å². The molecule has 0 radical (unpaired) electrons. The van der Waals surface area contributed by atoms with Crippen molar-refractivity contribution in [3.63, 3.8) is 0 Å². The first-order valence-electron chi connectivity index (χ1n) is 9.20. The summed E-state index contributed by atoms with van der Waals surface area (Å²) < 4.78 is 14.0. The van der Waals surface area contributed by atoms with Crippen LogP contribution in [0.1, 0.15) is 11.1 Å². The van der Waals surface area contributed by atoms with E-state index in [9.17, 15) is 0 Å². The molecule has 0 amide bonds. The number of rotatable bonds is 6. The van der Waals surface area contributed by atoms with Crippen molar-refractivity contribution in [1.29, 1.82) is 0 Å². The molecule has 29 heavy (non-hydrogen) atoms. The van der Waals surface area contributed by atoms with Crippen LogP contribution >= 0.6 is 11.3 Å². The molecular formula is C23H21N3O2S. The van der Waals surface area contributed by atoms with E-state index in [1.165, 1.54) is 10.3 Å². The van der Waals surface area contributed by atoms with E-state index in [-0.39, 0.29) is 0 Å². The highest BCUT2D eigenvalue weighted by Gasteiger charge is 2.07. The molecule has 0 saturated heterocycles. The van der Waals surface area contributed by atoms with Crippen LogP contribution in [0.4, 0.5) is 0 Å². The van der Waals surface area contributed by atoms with Crippen LogP contribution in [0.5, 0.6) is 11.5 Å². The number of aromatic nitrogens is 1. The Hall–Kier alpha value is -3.38. The Morgan fingerprint density at radius 2 is 1.72 bits per heavy atom. The zero-order valence-corrected chi connectivity index (χ0v) is 17.1. The van der Waals surface area contributed by atoms with Crippen LogP contribution in [-0.2, 0) is 6.54 Å². The van der Waals surface area contributed by atoms with Crippen LogP contribution in [-0.4, -0.2) is 25.0 Å². The Bertz CT molecular complexity index is 1210. The number of para-hydroxylation sites is 1. The maximum Gasteiger partial charge on any atom is 0.211 e. The molecule has 0 fully saturated rings. The smallest absolute Gasteiger partial charge is 0.211 e. The number of hydrogen-bond donors (Lipinski definition) is 0. The Morgan fingerprint density at radius 1 is 0.931 bits per heavy atom. The van der Waals surface area contributed by atoms with Gasteiger partial charge in [0.1, 0.15) is 11.5 Å². The molecular weight excluding hydrogens is 382 g/mol. The SMILES string of the molecule is COc1ccc(/C=N/N=c2\sc3ccccc3n2Cc2ccccc2)c(OC)c1. The average molecular weight is 404 g/mol. The van der Waals surface area contributed by atoms with Gasteiger partial charge in [0.2, 0.25) is 4.80 Å². The second-order valence-electron chi connectivity index (χ2n) is 6.38. The molecule has 1 heterocycles. The van der Waals surface area contributed by atoms with Crippen molar-refractivity contribution in [3.8, 4) is 11.5 Å². The summed E-state index contributed by atoms with van der Waals surface area (Å²) in [6.45, 7) is 0.741. The molecule has 146 valence electrons. The van der Waals surface area contributed by atoms with Gasteiger partial charge in [-0.25, -0.2) is 0 Å². The first kappa shape index (κ1) is 19.0. The minimum atomic E-state index is 0.691. The van der Waals surface area contributed by atoms with E-state index < -0.39 is 0 Å². The molecule has 0 aliphatic heterocycles. The second kappa shape index (κ2) is 8.75. The van der Waals surface area contributed by atoms with Gasteiger partial charge in [-0.3, -0.25) is 0 Å². The highest BCUT2D eigenvalue weighted by Crippen LogP contribution is 2.23. The number of methoxy groups -OCH3 is 2. The molecule has 5 nitrogen and oxygen atoms in total. The maximum atomic E-state index is 5.43.